The highest BCUT2D eigenvalue weighted by Crippen LogP contribution is 2.17. The normalized spacial score (nSPS) is 10.2. The van der Waals surface area contributed by atoms with Crippen molar-refractivity contribution in [3.8, 4) is 0 Å². The number of rotatable bonds is 4. The predicted molar refractivity (Wildman–Crippen MR) is 74.4 cm³/mol. The summed E-state index contributed by atoms with van der Waals surface area (Å²) in [6, 6.07) is 7.81. The molecule has 1 heterocycles. The molecule has 2 aromatic rings. The van der Waals surface area contributed by atoms with Crippen molar-refractivity contribution in [2.75, 3.05) is 6.54 Å². The van der Waals surface area contributed by atoms with Gasteiger partial charge in [0.05, 0.1) is 5.56 Å². The van der Waals surface area contributed by atoms with Gasteiger partial charge in [-0.3, -0.25) is 9.78 Å². The number of carbonyl (C=O) groups excluding carboxylic acids is 1. The Hall–Kier alpha value is -1.75. The first-order chi connectivity index (χ1) is 9.16. The van der Waals surface area contributed by atoms with E-state index < -0.39 is 0 Å². The molecule has 5 heteroatoms. The Balaban J connectivity index is 1.91. The minimum absolute atomic E-state index is 0.221. The van der Waals surface area contributed by atoms with E-state index in [2.05, 4.69) is 26.2 Å². The third kappa shape index (κ3) is 3.86. The smallest absolute Gasteiger partial charge is 0.252 e. The van der Waals surface area contributed by atoms with Crippen LogP contribution in [0.4, 0.5) is 4.39 Å². The Morgan fingerprint density at radius 1 is 1.26 bits per heavy atom. The van der Waals surface area contributed by atoms with Crippen LogP contribution in [0.25, 0.3) is 0 Å². The number of pyridine rings is 1. The number of carbonyl (C=O) groups is 1. The molecule has 0 aliphatic carbocycles. The number of aromatic nitrogens is 1. The van der Waals surface area contributed by atoms with Gasteiger partial charge in [-0.15, -0.1) is 0 Å². The van der Waals surface area contributed by atoms with Crippen LogP contribution >= 0.6 is 15.9 Å². The zero-order valence-corrected chi connectivity index (χ0v) is 11.7. The van der Waals surface area contributed by atoms with Crippen molar-refractivity contribution < 1.29 is 9.18 Å². The largest absolute Gasteiger partial charge is 0.352 e. The number of nitrogens with one attached hydrogen (secondary N) is 1. The van der Waals surface area contributed by atoms with Gasteiger partial charge < -0.3 is 5.32 Å². The molecular weight excluding hydrogens is 311 g/mol. The summed E-state index contributed by atoms with van der Waals surface area (Å²) in [6.07, 6.45) is 4.16. The van der Waals surface area contributed by atoms with Gasteiger partial charge in [0.25, 0.3) is 5.91 Å². The van der Waals surface area contributed by atoms with E-state index >= 15 is 0 Å². The first-order valence-corrected chi connectivity index (χ1v) is 6.58. The van der Waals surface area contributed by atoms with Gasteiger partial charge in [0.15, 0.2) is 0 Å². The molecule has 0 saturated heterocycles. The van der Waals surface area contributed by atoms with Crippen molar-refractivity contribution in [3.63, 3.8) is 0 Å². The number of hydrogen-bond donors (Lipinski definition) is 1. The maximum absolute atomic E-state index is 12.9. The van der Waals surface area contributed by atoms with E-state index in [-0.39, 0.29) is 11.7 Å². The van der Waals surface area contributed by atoms with Crippen LogP contribution in [-0.2, 0) is 6.42 Å². The van der Waals surface area contributed by atoms with E-state index in [1.165, 1.54) is 18.2 Å². The van der Waals surface area contributed by atoms with Crippen molar-refractivity contribution in [1.29, 1.82) is 0 Å². The highest BCUT2D eigenvalue weighted by molar-refractivity contribution is 9.10. The van der Waals surface area contributed by atoms with E-state index in [4.69, 9.17) is 0 Å². The molecule has 19 heavy (non-hydrogen) atoms. The summed E-state index contributed by atoms with van der Waals surface area (Å²) in [7, 11) is 0. The van der Waals surface area contributed by atoms with Gasteiger partial charge in [0, 0.05) is 23.4 Å². The first-order valence-electron chi connectivity index (χ1n) is 5.79. The Labute approximate surface area is 119 Å². The fourth-order valence-electron chi connectivity index (χ4n) is 1.64. The summed E-state index contributed by atoms with van der Waals surface area (Å²) in [4.78, 5) is 15.8. The molecular formula is C14H12BrFN2O. The van der Waals surface area contributed by atoms with Crippen LogP contribution in [-0.4, -0.2) is 17.4 Å². The Morgan fingerprint density at radius 2 is 2.00 bits per heavy atom. The molecule has 0 radical (unpaired) electrons. The van der Waals surface area contributed by atoms with Crippen molar-refractivity contribution in [3.05, 3.63) is 64.1 Å². The Bertz CT molecular complexity index is 575. The lowest BCUT2D eigenvalue weighted by molar-refractivity contribution is 0.0953. The lowest BCUT2D eigenvalue weighted by atomic mass is 10.2. The summed E-state index contributed by atoms with van der Waals surface area (Å²) in [5.74, 6) is -0.596. The highest BCUT2D eigenvalue weighted by Gasteiger charge is 2.09. The first kappa shape index (κ1) is 13.7. The summed E-state index contributed by atoms with van der Waals surface area (Å²) in [6.45, 7) is 0.520. The second-order valence-corrected chi connectivity index (χ2v) is 4.84. The Morgan fingerprint density at radius 3 is 2.68 bits per heavy atom. The monoisotopic (exact) mass is 322 g/mol. The van der Waals surface area contributed by atoms with Crippen LogP contribution < -0.4 is 5.32 Å². The third-order valence-electron chi connectivity index (χ3n) is 2.62. The molecule has 3 nitrogen and oxygen atoms in total. The van der Waals surface area contributed by atoms with Gasteiger partial charge in [-0.25, -0.2) is 4.39 Å². The Kier molecular flexibility index (Phi) is 4.63. The summed E-state index contributed by atoms with van der Waals surface area (Å²) in [5.41, 5.74) is 1.53. The average Bonchev–Trinajstić information content (AvgIpc) is 2.39. The standard InChI is InChI=1S/C14H12BrFN2O/c15-13-9-11(16)1-2-12(13)14(19)18-8-5-10-3-6-17-7-4-10/h1-4,6-7,9H,5,8H2,(H,18,19). The second kappa shape index (κ2) is 6.43. The van der Waals surface area contributed by atoms with Gasteiger partial charge in [-0.05, 0) is 58.2 Å². The van der Waals surface area contributed by atoms with Crippen molar-refractivity contribution in [2.24, 2.45) is 0 Å². The molecule has 1 aromatic heterocycles. The second-order valence-electron chi connectivity index (χ2n) is 3.99. The molecule has 1 amide bonds. The topological polar surface area (TPSA) is 42.0 Å². The summed E-state index contributed by atoms with van der Waals surface area (Å²) in [5, 5.41) is 2.80. The van der Waals surface area contributed by atoms with Crippen LogP contribution in [0.2, 0.25) is 0 Å². The van der Waals surface area contributed by atoms with Crippen molar-refractivity contribution >= 4 is 21.8 Å². The molecule has 98 valence electrons. The third-order valence-corrected chi connectivity index (χ3v) is 3.28. The minimum Gasteiger partial charge on any atom is -0.352 e. The van der Waals surface area contributed by atoms with E-state index in [0.29, 0.717) is 16.6 Å². The summed E-state index contributed by atoms with van der Waals surface area (Å²) < 4.78 is 13.4. The molecule has 0 atom stereocenters. The number of nitrogens with zero attached hydrogens (tertiary/aromatic N) is 1. The van der Waals surface area contributed by atoms with Crippen LogP contribution in [0.15, 0.2) is 47.2 Å². The van der Waals surface area contributed by atoms with E-state index in [9.17, 15) is 9.18 Å². The lowest BCUT2D eigenvalue weighted by Crippen LogP contribution is -2.26. The number of halogens is 2. The molecule has 0 aliphatic rings. The van der Waals surface area contributed by atoms with E-state index in [1.54, 1.807) is 12.4 Å². The molecule has 2 rings (SSSR count). The lowest BCUT2D eigenvalue weighted by Gasteiger charge is -2.07. The van der Waals surface area contributed by atoms with Crippen molar-refractivity contribution in [1.82, 2.24) is 10.3 Å². The number of hydrogen-bond acceptors (Lipinski definition) is 2. The minimum atomic E-state index is -0.375. The van der Waals surface area contributed by atoms with Gasteiger partial charge in [0.2, 0.25) is 0 Å². The molecule has 0 saturated carbocycles. The summed E-state index contributed by atoms with van der Waals surface area (Å²) >= 11 is 3.18. The van der Waals surface area contributed by atoms with Gasteiger partial charge in [0.1, 0.15) is 5.82 Å². The molecule has 0 unspecified atom stereocenters. The fourth-order valence-corrected chi connectivity index (χ4v) is 2.17. The van der Waals surface area contributed by atoms with Crippen LogP contribution in [0.5, 0.6) is 0 Å². The SMILES string of the molecule is O=C(NCCc1ccncc1)c1ccc(F)cc1Br. The van der Waals surface area contributed by atoms with E-state index in [0.717, 1.165) is 12.0 Å². The molecule has 0 spiro atoms. The van der Waals surface area contributed by atoms with Gasteiger partial charge in [-0.2, -0.15) is 0 Å². The fraction of sp³-hybridized carbons (Fsp3) is 0.143. The highest BCUT2D eigenvalue weighted by atomic mass is 79.9. The van der Waals surface area contributed by atoms with Gasteiger partial charge >= 0.3 is 0 Å². The zero-order chi connectivity index (χ0) is 13.7. The molecule has 0 bridgehead atoms. The molecule has 1 aromatic carbocycles. The molecule has 0 fully saturated rings. The van der Waals surface area contributed by atoms with Crippen LogP contribution in [0.3, 0.4) is 0 Å². The van der Waals surface area contributed by atoms with Gasteiger partial charge in [-0.1, -0.05) is 0 Å². The number of amides is 1. The average molecular weight is 323 g/mol. The van der Waals surface area contributed by atoms with Crippen molar-refractivity contribution in [2.45, 2.75) is 6.42 Å². The maximum atomic E-state index is 12.9. The zero-order valence-electron chi connectivity index (χ0n) is 10.1. The molecule has 0 aliphatic heterocycles. The molecule has 1 N–H and O–H groups in total. The number of benzene rings is 1. The van der Waals surface area contributed by atoms with Crippen LogP contribution in [0.1, 0.15) is 15.9 Å². The maximum Gasteiger partial charge on any atom is 0.252 e. The van der Waals surface area contributed by atoms with E-state index in [1.807, 2.05) is 12.1 Å². The quantitative estimate of drug-likeness (QED) is 0.940. The predicted octanol–water partition coefficient (Wildman–Crippen LogP) is 2.96. The van der Waals surface area contributed by atoms with Crippen LogP contribution in [0, 0.1) is 5.82 Å².